The van der Waals surface area contributed by atoms with Crippen LogP contribution in [0.1, 0.15) is 17.3 Å². The van der Waals surface area contributed by atoms with Crippen LogP contribution in [0.2, 0.25) is 0 Å². The van der Waals surface area contributed by atoms with Gasteiger partial charge in [-0.1, -0.05) is 0 Å². The molecule has 0 radical (unpaired) electrons. The molecular weight excluding hydrogens is 455 g/mol. The van der Waals surface area contributed by atoms with E-state index in [1.165, 1.54) is 12.1 Å². The molecule has 0 aliphatic rings. The molecule has 3 rings (SSSR count). The Kier molecular flexibility index (Phi) is 5.60. The highest BCUT2D eigenvalue weighted by molar-refractivity contribution is 9.10. The van der Waals surface area contributed by atoms with E-state index in [2.05, 4.69) is 36.1 Å². The Labute approximate surface area is 171 Å². The van der Waals surface area contributed by atoms with Crippen molar-refractivity contribution in [2.75, 3.05) is 0 Å². The summed E-state index contributed by atoms with van der Waals surface area (Å²) in [5, 5.41) is 14.8. The fraction of sp³-hybridized carbons (Fsp3) is 0.222. The number of rotatable bonds is 6. The highest BCUT2D eigenvalue weighted by atomic mass is 79.9. The third-order valence-corrected chi connectivity index (χ3v) is 4.36. The molecule has 2 aromatic heterocycles. The first kappa shape index (κ1) is 20.8. The van der Waals surface area contributed by atoms with E-state index < -0.39 is 23.6 Å². The van der Waals surface area contributed by atoms with Gasteiger partial charge in [0, 0.05) is 22.4 Å². The summed E-state index contributed by atoms with van der Waals surface area (Å²) < 4.78 is 42.8. The van der Waals surface area contributed by atoms with E-state index >= 15 is 0 Å². The number of hydrogen-bond acceptors (Lipinski definition) is 5. The predicted octanol–water partition coefficient (Wildman–Crippen LogP) is 3.93. The fourth-order valence-electron chi connectivity index (χ4n) is 2.61. The van der Waals surface area contributed by atoms with Gasteiger partial charge < -0.3 is 15.5 Å². The number of nitrogens with one attached hydrogen (secondary N) is 2. The minimum absolute atomic E-state index is 0.129. The number of carbonyl (C=O) groups is 1. The fourth-order valence-corrected chi connectivity index (χ4v) is 2.92. The lowest BCUT2D eigenvalue weighted by Crippen LogP contribution is -2.50. The number of aromatic nitrogens is 3. The minimum atomic E-state index is -4.81. The number of benzene rings is 1. The number of amides is 1. The topological polar surface area (TPSA) is 92.9 Å². The smallest absolute Gasteiger partial charge is 0.406 e. The maximum absolute atomic E-state index is 12.5. The van der Waals surface area contributed by atoms with E-state index in [1.807, 2.05) is 0 Å². The van der Waals surface area contributed by atoms with E-state index in [-0.39, 0.29) is 12.1 Å². The molecule has 0 aliphatic carbocycles. The molecule has 29 heavy (non-hydrogen) atoms. The Hall–Kier alpha value is -2.95. The molecule has 1 aromatic carbocycles. The highest BCUT2D eigenvalue weighted by Gasteiger charge is 2.31. The van der Waals surface area contributed by atoms with Gasteiger partial charge in [-0.05, 0) is 53.2 Å². The van der Waals surface area contributed by atoms with Crippen LogP contribution in [0.25, 0.3) is 11.0 Å². The Bertz CT molecular complexity index is 1050. The van der Waals surface area contributed by atoms with Crippen molar-refractivity contribution in [3.63, 3.8) is 0 Å². The third kappa shape index (κ3) is 5.31. The second kappa shape index (κ2) is 7.82. The van der Waals surface area contributed by atoms with Crippen molar-refractivity contribution in [1.82, 2.24) is 20.1 Å². The lowest BCUT2D eigenvalue weighted by atomic mass is 10.0. The molecule has 0 fully saturated rings. The minimum Gasteiger partial charge on any atom is -0.406 e. The van der Waals surface area contributed by atoms with Crippen LogP contribution in [0.5, 0.6) is 5.75 Å². The first-order valence-electron chi connectivity index (χ1n) is 8.26. The van der Waals surface area contributed by atoms with Crippen molar-refractivity contribution < 1.29 is 22.7 Å². The van der Waals surface area contributed by atoms with Crippen LogP contribution in [0.15, 0.2) is 47.2 Å². The predicted molar refractivity (Wildman–Crippen MR) is 103 cm³/mol. The van der Waals surface area contributed by atoms with E-state index in [9.17, 15) is 18.0 Å². The Morgan fingerprint density at radius 2 is 2.00 bits per heavy atom. The number of carbonyl (C=O) groups excluding carboxylic acids is 1. The zero-order chi connectivity index (χ0) is 21.2. The monoisotopic (exact) mass is 469 g/mol. The summed E-state index contributed by atoms with van der Waals surface area (Å²) in [4.78, 5) is 16.7. The maximum Gasteiger partial charge on any atom is 0.573 e. The molecule has 1 amide bonds. The van der Waals surface area contributed by atoms with Gasteiger partial charge >= 0.3 is 6.36 Å². The van der Waals surface area contributed by atoms with Crippen molar-refractivity contribution in [3.8, 4) is 5.75 Å². The van der Waals surface area contributed by atoms with Gasteiger partial charge in [0.15, 0.2) is 0 Å². The molecule has 152 valence electrons. The average Bonchev–Trinajstić information content (AvgIpc) is 3.01. The lowest BCUT2D eigenvalue weighted by Gasteiger charge is -2.26. The summed E-state index contributed by atoms with van der Waals surface area (Å²) in [7, 11) is 0. The van der Waals surface area contributed by atoms with E-state index in [0.29, 0.717) is 11.0 Å². The van der Waals surface area contributed by atoms with Crippen molar-refractivity contribution in [3.05, 3.63) is 52.8 Å². The van der Waals surface area contributed by atoms with Crippen LogP contribution in [-0.2, 0) is 6.54 Å². The normalized spacial score (nSPS) is 13.7. The van der Waals surface area contributed by atoms with Crippen LogP contribution >= 0.6 is 15.9 Å². The summed E-state index contributed by atoms with van der Waals surface area (Å²) in [5.41, 5.74) is 0.353. The average molecular weight is 470 g/mol. The Morgan fingerprint density at radius 1 is 1.31 bits per heavy atom. The van der Waals surface area contributed by atoms with Gasteiger partial charge in [-0.3, -0.25) is 14.5 Å². The summed E-state index contributed by atoms with van der Waals surface area (Å²) in [6.45, 7) is 1.79. The zero-order valence-corrected chi connectivity index (χ0v) is 16.6. The number of nitrogens with zero attached hydrogens (tertiary/aromatic N) is 3. The largest absolute Gasteiger partial charge is 0.573 e. The molecule has 2 N–H and O–H groups in total. The lowest BCUT2D eigenvalue weighted by molar-refractivity contribution is -0.274. The molecule has 3 aromatic rings. The molecule has 7 nitrogen and oxygen atoms in total. The van der Waals surface area contributed by atoms with Crippen molar-refractivity contribution >= 4 is 39.1 Å². The van der Waals surface area contributed by atoms with Gasteiger partial charge in [0.1, 0.15) is 16.8 Å². The first-order chi connectivity index (χ1) is 13.6. The molecule has 0 saturated heterocycles. The van der Waals surface area contributed by atoms with Gasteiger partial charge in [-0.15, -0.1) is 13.2 Å². The molecule has 1 unspecified atom stereocenters. The van der Waals surface area contributed by atoms with E-state index in [1.54, 1.807) is 30.1 Å². The molecule has 11 heteroatoms. The third-order valence-electron chi connectivity index (χ3n) is 3.93. The standard InChI is InChI=1S/C18H15BrF3N5O2/c1-17(9-23,10-27-8-15-14(26-27)6-12(19)7-24-15)25-16(28)11-2-4-13(5-3-11)29-18(20,21)22/h2-9,23H,10H2,1H3,(H,25,28). The van der Waals surface area contributed by atoms with Crippen molar-refractivity contribution in [1.29, 1.82) is 5.41 Å². The first-order valence-corrected chi connectivity index (χ1v) is 9.05. The van der Waals surface area contributed by atoms with E-state index in [4.69, 9.17) is 5.41 Å². The molecule has 0 aliphatic heterocycles. The van der Waals surface area contributed by atoms with Crippen molar-refractivity contribution in [2.24, 2.45) is 0 Å². The number of alkyl halides is 3. The van der Waals surface area contributed by atoms with Crippen LogP contribution in [-0.4, -0.2) is 38.8 Å². The zero-order valence-electron chi connectivity index (χ0n) is 15.0. The van der Waals surface area contributed by atoms with Gasteiger partial charge in [0.2, 0.25) is 0 Å². The molecule has 0 bridgehead atoms. The number of fused-ring (bicyclic) bond motifs is 1. The van der Waals surface area contributed by atoms with Crippen LogP contribution in [0.4, 0.5) is 13.2 Å². The van der Waals surface area contributed by atoms with Gasteiger partial charge in [0.25, 0.3) is 5.91 Å². The second-order valence-corrected chi connectivity index (χ2v) is 7.39. The number of hydrogen-bond donors (Lipinski definition) is 2. The summed E-state index contributed by atoms with van der Waals surface area (Å²) in [6, 6.07) is 6.32. The summed E-state index contributed by atoms with van der Waals surface area (Å²) in [6.07, 6.45) is -0.404. The summed E-state index contributed by atoms with van der Waals surface area (Å²) in [5.74, 6) is -0.974. The number of pyridine rings is 1. The molecule has 2 heterocycles. The highest BCUT2D eigenvalue weighted by Crippen LogP contribution is 2.23. The van der Waals surface area contributed by atoms with Gasteiger partial charge in [-0.2, -0.15) is 5.10 Å². The number of halogens is 4. The van der Waals surface area contributed by atoms with Crippen LogP contribution in [0.3, 0.4) is 0 Å². The van der Waals surface area contributed by atoms with E-state index in [0.717, 1.165) is 22.8 Å². The van der Waals surface area contributed by atoms with Gasteiger partial charge in [0.05, 0.1) is 18.3 Å². The van der Waals surface area contributed by atoms with Crippen LogP contribution < -0.4 is 10.1 Å². The second-order valence-electron chi connectivity index (χ2n) is 6.47. The van der Waals surface area contributed by atoms with Gasteiger partial charge in [-0.25, -0.2) is 0 Å². The quantitative estimate of drug-likeness (QED) is 0.534. The molecule has 0 saturated carbocycles. The maximum atomic E-state index is 12.5. The molecule has 0 spiro atoms. The molecular formula is C18H15BrF3N5O2. The van der Waals surface area contributed by atoms with Crippen molar-refractivity contribution in [2.45, 2.75) is 25.4 Å². The Morgan fingerprint density at radius 3 is 2.62 bits per heavy atom. The van der Waals surface area contributed by atoms with Crippen LogP contribution in [0, 0.1) is 5.41 Å². The molecule has 1 atom stereocenters. The SMILES string of the molecule is CC(C=N)(Cn1cc2ncc(Br)cc2n1)NC(=O)c1ccc(OC(F)(F)F)cc1. The summed E-state index contributed by atoms with van der Waals surface area (Å²) >= 11 is 3.32. The number of ether oxygens (including phenoxy) is 1. The Balaban J connectivity index is 1.73.